The van der Waals surface area contributed by atoms with Gasteiger partial charge in [0, 0.05) is 38.7 Å². The van der Waals surface area contributed by atoms with E-state index in [1.54, 1.807) is 23.5 Å². The van der Waals surface area contributed by atoms with Gasteiger partial charge in [-0.3, -0.25) is 0 Å². The summed E-state index contributed by atoms with van der Waals surface area (Å²) in [5.41, 5.74) is 4.45. The highest BCUT2D eigenvalue weighted by Gasteiger charge is 2.16. The zero-order chi connectivity index (χ0) is 21.4. The quantitative estimate of drug-likeness (QED) is 0.325. The second-order valence-corrected chi connectivity index (χ2v) is 9.12. The van der Waals surface area contributed by atoms with Crippen molar-refractivity contribution in [1.29, 1.82) is 0 Å². The van der Waals surface area contributed by atoms with Gasteiger partial charge in [-0.2, -0.15) is 0 Å². The van der Waals surface area contributed by atoms with E-state index in [2.05, 4.69) is 60.3 Å². The number of aromatic nitrogens is 3. The van der Waals surface area contributed by atoms with Crippen molar-refractivity contribution in [3.8, 4) is 17.1 Å². The van der Waals surface area contributed by atoms with Gasteiger partial charge in [0.15, 0.2) is 5.82 Å². The average Bonchev–Trinajstić information content (AvgIpc) is 3.39. The van der Waals surface area contributed by atoms with Crippen LogP contribution in [0.1, 0.15) is 37.6 Å². The van der Waals surface area contributed by atoms with E-state index in [0.29, 0.717) is 11.8 Å². The van der Waals surface area contributed by atoms with Crippen LogP contribution in [0.3, 0.4) is 0 Å². The lowest BCUT2D eigenvalue weighted by molar-refractivity contribution is 0.475. The molecule has 0 bridgehead atoms. The Hall–Kier alpha value is -3.18. The number of fused-ring (bicyclic) bond motifs is 2. The topological polar surface area (TPSA) is 50.9 Å². The van der Waals surface area contributed by atoms with Crippen molar-refractivity contribution < 1.29 is 5.11 Å². The van der Waals surface area contributed by atoms with Gasteiger partial charge in [0.2, 0.25) is 0 Å². The molecule has 0 saturated carbocycles. The summed E-state index contributed by atoms with van der Waals surface area (Å²) >= 11 is 1.74. The third-order valence-electron chi connectivity index (χ3n) is 5.74. The van der Waals surface area contributed by atoms with Gasteiger partial charge in [0.25, 0.3) is 0 Å². The number of aromatic hydroxyl groups is 1. The summed E-state index contributed by atoms with van der Waals surface area (Å²) in [6.07, 6.45) is 4.96. The predicted molar refractivity (Wildman–Crippen MR) is 129 cm³/mol. The summed E-state index contributed by atoms with van der Waals surface area (Å²) < 4.78 is 3.49. The first kappa shape index (κ1) is 19.8. The molecule has 0 atom stereocenters. The van der Waals surface area contributed by atoms with Crippen LogP contribution in [0.4, 0.5) is 0 Å². The molecular weight excluding hydrogens is 402 g/mol. The number of benzene rings is 2. The summed E-state index contributed by atoms with van der Waals surface area (Å²) in [6, 6.07) is 18.4. The Morgan fingerprint density at radius 2 is 1.74 bits per heavy atom. The first-order chi connectivity index (χ1) is 15.1. The van der Waals surface area contributed by atoms with Crippen LogP contribution in [0.25, 0.3) is 32.5 Å². The molecule has 0 aliphatic rings. The molecule has 5 aromatic rings. The molecule has 0 amide bonds. The van der Waals surface area contributed by atoms with Gasteiger partial charge in [-0.1, -0.05) is 30.3 Å². The molecule has 0 fully saturated rings. The molecule has 0 unspecified atom stereocenters. The van der Waals surface area contributed by atoms with Crippen LogP contribution in [0, 0.1) is 0 Å². The van der Waals surface area contributed by atoms with Crippen LogP contribution < -0.4 is 0 Å². The number of rotatable bonds is 6. The number of phenolic OH excluding ortho intramolecular Hbond substituents is 1. The van der Waals surface area contributed by atoms with Gasteiger partial charge >= 0.3 is 0 Å². The van der Waals surface area contributed by atoms with E-state index in [9.17, 15) is 5.11 Å². The summed E-state index contributed by atoms with van der Waals surface area (Å²) in [4.78, 5) is 10.1. The van der Waals surface area contributed by atoms with E-state index < -0.39 is 0 Å². The molecule has 0 radical (unpaired) electrons. The van der Waals surface area contributed by atoms with Gasteiger partial charge in [-0.05, 0) is 62.9 Å². The Morgan fingerprint density at radius 1 is 0.935 bits per heavy atom. The van der Waals surface area contributed by atoms with Crippen LogP contribution >= 0.6 is 11.3 Å². The van der Waals surface area contributed by atoms with E-state index in [1.807, 2.05) is 12.1 Å². The van der Waals surface area contributed by atoms with Crippen LogP contribution in [0.5, 0.6) is 5.75 Å². The van der Waals surface area contributed by atoms with E-state index >= 15 is 0 Å². The van der Waals surface area contributed by atoms with E-state index in [0.717, 1.165) is 47.4 Å². The van der Waals surface area contributed by atoms with Crippen molar-refractivity contribution in [2.75, 3.05) is 0 Å². The molecule has 156 valence electrons. The summed E-state index contributed by atoms with van der Waals surface area (Å²) in [6.45, 7) is 4.37. The fourth-order valence-corrected chi connectivity index (χ4v) is 5.04. The molecule has 0 aliphatic carbocycles. The molecule has 2 aromatic carbocycles. The largest absolute Gasteiger partial charge is 0.508 e. The second kappa shape index (κ2) is 8.16. The third kappa shape index (κ3) is 3.81. The maximum atomic E-state index is 9.50. The second-order valence-electron chi connectivity index (χ2n) is 8.21. The van der Waals surface area contributed by atoms with Crippen molar-refractivity contribution in [1.82, 2.24) is 14.5 Å². The molecule has 0 saturated heterocycles. The monoisotopic (exact) mass is 427 g/mol. The lowest BCUT2D eigenvalue weighted by Crippen LogP contribution is -2.04. The molecule has 3 aromatic heterocycles. The minimum absolute atomic E-state index is 0.309. The van der Waals surface area contributed by atoms with Crippen molar-refractivity contribution in [2.45, 2.75) is 39.2 Å². The Kier molecular flexibility index (Phi) is 5.20. The summed E-state index contributed by atoms with van der Waals surface area (Å²) in [5.74, 6) is 1.12. The zero-order valence-corrected chi connectivity index (χ0v) is 18.6. The van der Waals surface area contributed by atoms with E-state index in [1.165, 1.54) is 15.6 Å². The average molecular weight is 428 g/mol. The number of hydrogen-bond donors (Lipinski definition) is 1. The van der Waals surface area contributed by atoms with Gasteiger partial charge < -0.3 is 9.67 Å². The number of aryl methyl sites for hydroxylation is 2. The Bertz CT molecular complexity index is 1350. The van der Waals surface area contributed by atoms with Crippen LogP contribution in [0.2, 0.25) is 0 Å². The molecular formula is C26H25N3OS. The summed E-state index contributed by atoms with van der Waals surface area (Å²) in [5, 5.41) is 14.0. The first-order valence-corrected chi connectivity index (χ1v) is 11.6. The Morgan fingerprint density at radius 3 is 2.55 bits per heavy atom. The lowest BCUT2D eigenvalue weighted by atomic mass is 10.1. The molecule has 1 N–H and O–H groups in total. The van der Waals surface area contributed by atoms with Crippen molar-refractivity contribution in [3.63, 3.8) is 0 Å². The normalized spacial score (nSPS) is 11.7. The summed E-state index contributed by atoms with van der Waals surface area (Å²) in [7, 11) is 0. The molecule has 5 rings (SSSR count). The molecule has 0 aliphatic heterocycles. The fourth-order valence-electron chi connectivity index (χ4n) is 4.10. The Labute approximate surface area is 185 Å². The smallest absolute Gasteiger partial charge is 0.163 e. The number of thiophene rings is 1. The highest BCUT2D eigenvalue weighted by Crippen LogP contribution is 2.34. The van der Waals surface area contributed by atoms with Gasteiger partial charge in [0.1, 0.15) is 11.4 Å². The van der Waals surface area contributed by atoms with Crippen molar-refractivity contribution in [3.05, 3.63) is 77.4 Å². The SMILES string of the molecule is CC(C)n1ccc2c(CCCc3ccc(O)cc3)nc(-c3csc4ccccc34)nc21. The highest BCUT2D eigenvalue weighted by atomic mass is 32.1. The molecule has 4 nitrogen and oxygen atoms in total. The number of nitrogens with zero attached hydrogens (tertiary/aromatic N) is 3. The molecule has 5 heteroatoms. The van der Waals surface area contributed by atoms with E-state index in [4.69, 9.17) is 9.97 Å². The Balaban J connectivity index is 1.54. The van der Waals surface area contributed by atoms with E-state index in [-0.39, 0.29) is 0 Å². The molecule has 31 heavy (non-hydrogen) atoms. The number of hydrogen-bond acceptors (Lipinski definition) is 4. The number of phenols is 1. The molecule has 3 heterocycles. The molecule has 0 spiro atoms. The van der Waals surface area contributed by atoms with Crippen LogP contribution in [-0.2, 0) is 12.8 Å². The zero-order valence-electron chi connectivity index (χ0n) is 17.7. The van der Waals surface area contributed by atoms with Crippen molar-refractivity contribution in [2.24, 2.45) is 0 Å². The highest BCUT2D eigenvalue weighted by molar-refractivity contribution is 7.17. The van der Waals surface area contributed by atoms with Crippen LogP contribution in [0.15, 0.2) is 66.2 Å². The van der Waals surface area contributed by atoms with Gasteiger partial charge in [-0.15, -0.1) is 11.3 Å². The maximum Gasteiger partial charge on any atom is 0.163 e. The minimum Gasteiger partial charge on any atom is -0.508 e. The standard InChI is InChI=1S/C26H25N3OS/c1-17(2)29-15-14-21-23(8-5-6-18-10-12-19(30)13-11-18)27-25(28-26(21)29)22-16-31-24-9-4-3-7-20(22)24/h3-4,7,9-17,30H,5-6,8H2,1-2H3. The third-order valence-corrected chi connectivity index (χ3v) is 6.71. The van der Waals surface area contributed by atoms with Crippen molar-refractivity contribution >= 4 is 32.5 Å². The first-order valence-electron chi connectivity index (χ1n) is 10.7. The maximum absolute atomic E-state index is 9.50. The van der Waals surface area contributed by atoms with Crippen LogP contribution in [-0.4, -0.2) is 19.6 Å². The fraction of sp³-hybridized carbons (Fsp3) is 0.231. The lowest BCUT2D eigenvalue weighted by Gasteiger charge is -2.11. The predicted octanol–water partition coefficient (Wildman–Crippen LogP) is 6.77. The van der Waals surface area contributed by atoms with Gasteiger partial charge in [0.05, 0.1) is 5.69 Å². The van der Waals surface area contributed by atoms with Gasteiger partial charge in [-0.25, -0.2) is 9.97 Å². The minimum atomic E-state index is 0.309.